The smallest absolute Gasteiger partial charge is 0.163 e. The van der Waals surface area contributed by atoms with Crippen molar-refractivity contribution < 1.29 is 24.1 Å². The van der Waals surface area contributed by atoms with Crippen LogP contribution < -0.4 is 0 Å². The predicted octanol–water partition coefficient (Wildman–Crippen LogP) is 3.03. The molecule has 0 amide bonds. The second-order valence-corrected chi connectivity index (χ2v) is 7.24. The maximum absolute atomic E-state index is 10.1. The van der Waals surface area contributed by atoms with E-state index >= 15 is 0 Å². The molecule has 136 valence electrons. The van der Waals surface area contributed by atoms with E-state index in [0.29, 0.717) is 19.6 Å². The zero-order chi connectivity index (χ0) is 16.9. The molecule has 0 bridgehead atoms. The molecule has 0 aromatic heterocycles. The van der Waals surface area contributed by atoms with Crippen molar-refractivity contribution in [2.45, 2.75) is 103 Å². The quantitative estimate of drug-likeness (QED) is 0.659. The Kier molecular flexibility index (Phi) is 7.29. The van der Waals surface area contributed by atoms with E-state index in [-0.39, 0.29) is 30.5 Å². The molecule has 23 heavy (non-hydrogen) atoms. The number of hydrogen-bond donors (Lipinski definition) is 1. The molecule has 5 unspecified atom stereocenters. The average Bonchev–Trinajstić information content (AvgIpc) is 3.05. The predicted molar refractivity (Wildman–Crippen MR) is 88.4 cm³/mol. The monoisotopic (exact) mass is 330 g/mol. The second-order valence-electron chi connectivity index (χ2n) is 7.24. The van der Waals surface area contributed by atoms with Crippen LogP contribution in [0.5, 0.6) is 0 Å². The molecule has 2 rings (SSSR count). The fourth-order valence-electron chi connectivity index (χ4n) is 3.42. The molecule has 2 saturated heterocycles. The van der Waals surface area contributed by atoms with Gasteiger partial charge < -0.3 is 24.1 Å². The van der Waals surface area contributed by atoms with E-state index in [1.54, 1.807) is 0 Å². The first-order chi connectivity index (χ1) is 10.9. The Morgan fingerprint density at radius 3 is 2.61 bits per heavy atom. The topological polar surface area (TPSA) is 57.2 Å². The minimum Gasteiger partial charge on any atom is -0.390 e. The van der Waals surface area contributed by atoms with E-state index in [2.05, 4.69) is 13.8 Å². The SMILES string of the molecule is CCCCCC(OCC1COC(C)(C)O1)C1CC(O)C(CC)O1. The van der Waals surface area contributed by atoms with Crippen LogP contribution in [0, 0.1) is 0 Å². The lowest BCUT2D eigenvalue weighted by molar-refractivity contribution is -0.153. The van der Waals surface area contributed by atoms with E-state index < -0.39 is 5.79 Å². The average molecular weight is 330 g/mol. The van der Waals surface area contributed by atoms with E-state index in [1.165, 1.54) is 12.8 Å². The molecule has 2 fully saturated rings. The van der Waals surface area contributed by atoms with Crippen LogP contribution in [0.4, 0.5) is 0 Å². The highest BCUT2D eigenvalue weighted by atomic mass is 16.7. The highest BCUT2D eigenvalue weighted by molar-refractivity contribution is 4.86. The summed E-state index contributed by atoms with van der Waals surface area (Å²) in [6, 6.07) is 0. The lowest BCUT2D eigenvalue weighted by Gasteiger charge is -2.25. The summed E-state index contributed by atoms with van der Waals surface area (Å²) in [5, 5.41) is 10.1. The zero-order valence-corrected chi connectivity index (χ0v) is 15.1. The first-order valence-corrected chi connectivity index (χ1v) is 9.22. The summed E-state index contributed by atoms with van der Waals surface area (Å²) in [6.45, 7) is 9.19. The van der Waals surface area contributed by atoms with Gasteiger partial charge in [-0.3, -0.25) is 0 Å². The van der Waals surface area contributed by atoms with Gasteiger partial charge in [0.15, 0.2) is 5.79 Å². The second kappa shape index (κ2) is 8.77. The van der Waals surface area contributed by atoms with Crippen molar-refractivity contribution in [1.29, 1.82) is 0 Å². The Balaban J connectivity index is 1.84. The Bertz CT molecular complexity index is 346. The first kappa shape index (κ1) is 19.1. The molecule has 0 radical (unpaired) electrons. The van der Waals surface area contributed by atoms with Gasteiger partial charge in [-0.05, 0) is 26.7 Å². The van der Waals surface area contributed by atoms with Crippen molar-refractivity contribution in [3.05, 3.63) is 0 Å². The summed E-state index contributed by atoms with van der Waals surface area (Å²) < 4.78 is 23.6. The molecule has 0 aliphatic carbocycles. The highest BCUT2D eigenvalue weighted by Gasteiger charge is 2.39. The van der Waals surface area contributed by atoms with Gasteiger partial charge in [0, 0.05) is 6.42 Å². The third-order valence-corrected chi connectivity index (χ3v) is 4.73. The van der Waals surface area contributed by atoms with Gasteiger partial charge in [-0.1, -0.05) is 33.1 Å². The minimum absolute atomic E-state index is 0.0119. The standard InChI is InChI=1S/C18H34O5/c1-5-7-8-9-16(17-10-14(19)15(6-2)22-17)20-11-13-12-21-18(3,4)23-13/h13-17,19H,5-12H2,1-4H3. The maximum Gasteiger partial charge on any atom is 0.163 e. The summed E-state index contributed by atoms with van der Waals surface area (Å²) >= 11 is 0. The summed E-state index contributed by atoms with van der Waals surface area (Å²) in [7, 11) is 0. The van der Waals surface area contributed by atoms with Gasteiger partial charge in [0.05, 0.1) is 37.6 Å². The molecule has 0 aromatic carbocycles. The van der Waals surface area contributed by atoms with E-state index in [4.69, 9.17) is 18.9 Å². The van der Waals surface area contributed by atoms with E-state index in [1.807, 2.05) is 13.8 Å². The third-order valence-electron chi connectivity index (χ3n) is 4.73. The largest absolute Gasteiger partial charge is 0.390 e. The third kappa shape index (κ3) is 5.68. The van der Waals surface area contributed by atoms with Crippen LogP contribution in [0.25, 0.3) is 0 Å². The Hall–Kier alpha value is -0.200. The summed E-state index contributed by atoms with van der Waals surface area (Å²) in [4.78, 5) is 0. The van der Waals surface area contributed by atoms with Gasteiger partial charge in [0.1, 0.15) is 6.10 Å². The lowest BCUT2D eigenvalue weighted by Crippen LogP contribution is -2.33. The fourth-order valence-corrected chi connectivity index (χ4v) is 3.42. The van der Waals surface area contributed by atoms with Crippen LogP contribution in [0.1, 0.15) is 66.2 Å². The molecule has 5 nitrogen and oxygen atoms in total. The van der Waals surface area contributed by atoms with Crippen molar-refractivity contribution >= 4 is 0 Å². The van der Waals surface area contributed by atoms with Gasteiger partial charge in [0.25, 0.3) is 0 Å². The number of aliphatic hydroxyl groups is 1. The van der Waals surface area contributed by atoms with E-state index in [0.717, 1.165) is 19.3 Å². The van der Waals surface area contributed by atoms with Gasteiger partial charge in [0.2, 0.25) is 0 Å². The summed E-state index contributed by atoms with van der Waals surface area (Å²) in [5.41, 5.74) is 0. The molecule has 1 N–H and O–H groups in total. The Morgan fingerprint density at radius 2 is 2.04 bits per heavy atom. The number of rotatable bonds is 9. The first-order valence-electron chi connectivity index (χ1n) is 9.22. The van der Waals surface area contributed by atoms with Crippen molar-refractivity contribution in [2.75, 3.05) is 13.2 Å². The molecule has 2 heterocycles. The van der Waals surface area contributed by atoms with Gasteiger partial charge in [-0.25, -0.2) is 0 Å². The number of aliphatic hydroxyl groups excluding tert-OH is 1. The van der Waals surface area contributed by atoms with Crippen LogP contribution >= 0.6 is 0 Å². The van der Waals surface area contributed by atoms with Crippen LogP contribution in [-0.4, -0.2) is 54.6 Å². The summed E-state index contributed by atoms with van der Waals surface area (Å²) in [6.07, 6.45) is 5.56. The van der Waals surface area contributed by atoms with Crippen molar-refractivity contribution in [3.8, 4) is 0 Å². The van der Waals surface area contributed by atoms with Crippen LogP contribution in [0.2, 0.25) is 0 Å². The normalized spacial score (nSPS) is 34.8. The molecule has 0 spiro atoms. The molecule has 5 atom stereocenters. The molecule has 0 aromatic rings. The molecular weight excluding hydrogens is 296 g/mol. The van der Waals surface area contributed by atoms with Crippen LogP contribution in [0.3, 0.4) is 0 Å². The maximum atomic E-state index is 10.1. The van der Waals surface area contributed by atoms with Crippen LogP contribution in [0.15, 0.2) is 0 Å². The number of ether oxygens (including phenoxy) is 4. The highest BCUT2D eigenvalue weighted by Crippen LogP contribution is 2.29. The van der Waals surface area contributed by atoms with Crippen molar-refractivity contribution in [1.82, 2.24) is 0 Å². The summed E-state index contributed by atoms with van der Waals surface area (Å²) in [5.74, 6) is -0.515. The van der Waals surface area contributed by atoms with Gasteiger partial charge in [-0.2, -0.15) is 0 Å². The molecule has 0 saturated carbocycles. The van der Waals surface area contributed by atoms with Crippen LogP contribution in [-0.2, 0) is 18.9 Å². The lowest BCUT2D eigenvalue weighted by atomic mass is 10.0. The van der Waals surface area contributed by atoms with Gasteiger partial charge in [-0.15, -0.1) is 0 Å². The molecule has 5 heteroatoms. The molecular formula is C18H34O5. The number of unbranched alkanes of at least 4 members (excludes halogenated alkanes) is 2. The zero-order valence-electron chi connectivity index (χ0n) is 15.1. The Labute approximate surface area is 140 Å². The van der Waals surface area contributed by atoms with E-state index in [9.17, 15) is 5.11 Å². The Morgan fingerprint density at radius 1 is 1.26 bits per heavy atom. The van der Waals surface area contributed by atoms with Gasteiger partial charge >= 0.3 is 0 Å². The minimum atomic E-state index is -0.515. The molecule has 2 aliphatic rings. The molecule has 2 aliphatic heterocycles. The number of hydrogen-bond acceptors (Lipinski definition) is 5. The van der Waals surface area contributed by atoms with Crippen molar-refractivity contribution in [3.63, 3.8) is 0 Å². The fraction of sp³-hybridized carbons (Fsp3) is 1.00. The van der Waals surface area contributed by atoms with Crippen molar-refractivity contribution in [2.24, 2.45) is 0 Å².